The smallest absolute Gasteiger partial charge is 0.412 e. The minimum Gasteiger partial charge on any atom is -0.444 e. The number of nitrogens with one attached hydrogen (secondary N) is 1. The van der Waals surface area contributed by atoms with Gasteiger partial charge in [0.25, 0.3) is 0 Å². The summed E-state index contributed by atoms with van der Waals surface area (Å²) in [5, 5.41) is 3.42. The molecule has 3 rings (SSSR count). The second kappa shape index (κ2) is 5.56. The lowest BCUT2D eigenvalue weighted by Crippen LogP contribution is -2.54. The van der Waals surface area contributed by atoms with Crippen molar-refractivity contribution in [3.8, 4) is 0 Å². The van der Waals surface area contributed by atoms with E-state index in [1.807, 2.05) is 39.0 Å². The number of nitrogens with zero attached hydrogens (tertiary/aromatic N) is 1. The second-order valence-corrected chi connectivity index (χ2v) is 7.08. The molecule has 2 aliphatic rings. The van der Waals surface area contributed by atoms with E-state index in [-0.39, 0.29) is 17.6 Å². The van der Waals surface area contributed by atoms with Crippen LogP contribution in [0.2, 0.25) is 0 Å². The van der Waals surface area contributed by atoms with E-state index in [9.17, 15) is 4.79 Å². The lowest BCUT2D eigenvalue weighted by Gasteiger charge is -2.38. The highest BCUT2D eigenvalue weighted by Gasteiger charge is 2.54. The van der Waals surface area contributed by atoms with Crippen LogP contribution in [0.25, 0.3) is 0 Å². The summed E-state index contributed by atoms with van der Waals surface area (Å²) in [4.78, 5) is 14.4. The van der Waals surface area contributed by atoms with Crippen molar-refractivity contribution in [2.24, 2.45) is 0 Å². The van der Waals surface area contributed by atoms with E-state index in [2.05, 4.69) is 17.4 Å². The predicted molar refractivity (Wildman–Crippen MR) is 83.7 cm³/mol. The van der Waals surface area contributed by atoms with Gasteiger partial charge in [-0.2, -0.15) is 0 Å². The van der Waals surface area contributed by atoms with Crippen LogP contribution in [-0.2, 0) is 9.47 Å². The second-order valence-electron chi connectivity index (χ2n) is 7.08. The van der Waals surface area contributed by atoms with Gasteiger partial charge >= 0.3 is 6.09 Å². The van der Waals surface area contributed by atoms with Gasteiger partial charge in [0.15, 0.2) is 0 Å². The molecule has 2 unspecified atom stereocenters. The molecule has 120 valence electrons. The number of amides is 1. The van der Waals surface area contributed by atoms with Gasteiger partial charge in [0, 0.05) is 19.0 Å². The Labute approximate surface area is 131 Å². The van der Waals surface area contributed by atoms with Gasteiger partial charge in [-0.1, -0.05) is 30.3 Å². The molecular weight excluding hydrogens is 280 g/mol. The fourth-order valence-electron chi connectivity index (χ4n) is 3.37. The van der Waals surface area contributed by atoms with Crippen molar-refractivity contribution in [1.29, 1.82) is 0 Å². The van der Waals surface area contributed by atoms with Crippen LogP contribution >= 0.6 is 0 Å². The molecule has 5 heteroatoms. The van der Waals surface area contributed by atoms with Crippen LogP contribution in [0, 0.1) is 0 Å². The van der Waals surface area contributed by atoms with Crippen LogP contribution in [0.3, 0.4) is 0 Å². The average Bonchev–Trinajstić information content (AvgIpc) is 3.06. The number of hydrogen-bond acceptors (Lipinski definition) is 4. The molecule has 5 nitrogen and oxygen atoms in total. The lowest BCUT2D eigenvalue weighted by molar-refractivity contribution is 0.00543. The quantitative estimate of drug-likeness (QED) is 0.865. The van der Waals surface area contributed by atoms with Crippen molar-refractivity contribution < 1.29 is 14.3 Å². The number of ether oxygens (including phenoxy) is 2. The molecule has 0 aromatic heterocycles. The molecule has 2 heterocycles. The minimum absolute atomic E-state index is 0.212. The zero-order valence-corrected chi connectivity index (χ0v) is 13.5. The molecule has 0 saturated carbocycles. The summed E-state index contributed by atoms with van der Waals surface area (Å²) in [6, 6.07) is 10.3. The first-order valence-corrected chi connectivity index (χ1v) is 7.76. The number of benzene rings is 1. The third-order valence-electron chi connectivity index (χ3n) is 4.35. The van der Waals surface area contributed by atoms with Gasteiger partial charge in [0.1, 0.15) is 12.3 Å². The molecule has 0 bridgehead atoms. The van der Waals surface area contributed by atoms with Crippen molar-refractivity contribution in [1.82, 2.24) is 10.2 Å². The number of rotatable bonds is 1. The maximum Gasteiger partial charge on any atom is 0.412 e. The Hall–Kier alpha value is -1.59. The minimum atomic E-state index is -0.505. The van der Waals surface area contributed by atoms with E-state index in [0.717, 1.165) is 13.1 Å². The van der Waals surface area contributed by atoms with Crippen LogP contribution in [-0.4, -0.2) is 48.6 Å². The number of carbonyl (C=O) groups excluding carboxylic acids is 1. The van der Waals surface area contributed by atoms with Gasteiger partial charge < -0.3 is 14.8 Å². The van der Waals surface area contributed by atoms with E-state index < -0.39 is 5.60 Å². The molecule has 1 spiro atoms. The highest BCUT2D eigenvalue weighted by molar-refractivity contribution is 5.70. The zero-order chi connectivity index (χ0) is 15.8. The Morgan fingerprint density at radius 2 is 2.09 bits per heavy atom. The van der Waals surface area contributed by atoms with Crippen molar-refractivity contribution in [2.45, 2.75) is 37.8 Å². The Kier molecular flexibility index (Phi) is 3.87. The van der Waals surface area contributed by atoms with E-state index in [1.54, 1.807) is 4.90 Å². The largest absolute Gasteiger partial charge is 0.444 e. The first-order chi connectivity index (χ1) is 10.4. The maximum atomic E-state index is 12.6. The maximum absolute atomic E-state index is 12.6. The van der Waals surface area contributed by atoms with Crippen LogP contribution in [0.1, 0.15) is 32.3 Å². The van der Waals surface area contributed by atoms with Crippen molar-refractivity contribution >= 4 is 6.09 Å². The van der Waals surface area contributed by atoms with Gasteiger partial charge in [0.2, 0.25) is 0 Å². The molecule has 1 aromatic rings. The van der Waals surface area contributed by atoms with Crippen molar-refractivity contribution in [3.63, 3.8) is 0 Å². The van der Waals surface area contributed by atoms with E-state index >= 15 is 0 Å². The standard InChI is InChI=1S/C17H24N2O3/c1-16(2,3)22-15(20)19-12-21-11-17(19)10-18-9-14(17)13-7-5-4-6-8-13/h4-8,14,18H,9-12H2,1-3H3. The summed E-state index contributed by atoms with van der Waals surface area (Å²) in [5.74, 6) is 0.212. The molecule has 2 saturated heterocycles. The summed E-state index contributed by atoms with van der Waals surface area (Å²) >= 11 is 0. The van der Waals surface area contributed by atoms with Crippen molar-refractivity contribution in [2.75, 3.05) is 26.4 Å². The molecule has 0 aliphatic carbocycles. The van der Waals surface area contributed by atoms with Gasteiger partial charge in [-0.05, 0) is 26.3 Å². The fraction of sp³-hybridized carbons (Fsp3) is 0.588. The topological polar surface area (TPSA) is 50.8 Å². The molecule has 22 heavy (non-hydrogen) atoms. The summed E-state index contributed by atoms with van der Waals surface area (Å²) in [7, 11) is 0. The average molecular weight is 304 g/mol. The molecular formula is C17H24N2O3. The Morgan fingerprint density at radius 1 is 1.36 bits per heavy atom. The van der Waals surface area contributed by atoms with E-state index in [1.165, 1.54) is 5.56 Å². The Balaban J connectivity index is 1.88. The van der Waals surface area contributed by atoms with E-state index in [0.29, 0.717) is 13.3 Å². The summed E-state index contributed by atoms with van der Waals surface area (Å²) in [5.41, 5.74) is 0.366. The van der Waals surface area contributed by atoms with Crippen LogP contribution in [0.15, 0.2) is 30.3 Å². The summed E-state index contributed by atoms with van der Waals surface area (Å²) in [6.45, 7) is 8.06. The van der Waals surface area contributed by atoms with Crippen LogP contribution in [0.5, 0.6) is 0 Å². The zero-order valence-electron chi connectivity index (χ0n) is 13.5. The van der Waals surface area contributed by atoms with Gasteiger partial charge in [0.05, 0.1) is 12.1 Å². The SMILES string of the molecule is CC(C)(C)OC(=O)N1COCC12CNCC2c1ccccc1. The molecule has 1 N–H and O–H groups in total. The Morgan fingerprint density at radius 3 is 2.77 bits per heavy atom. The molecule has 0 radical (unpaired) electrons. The predicted octanol–water partition coefficient (Wildman–Crippen LogP) is 2.34. The third kappa shape index (κ3) is 2.71. The number of carbonyl (C=O) groups is 1. The summed E-state index contributed by atoms with van der Waals surface area (Å²) < 4.78 is 11.2. The number of hydrogen-bond donors (Lipinski definition) is 1. The normalized spacial score (nSPS) is 28.3. The molecule has 2 aliphatic heterocycles. The lowest BCUT2D eigenvalue weighted by atomic mass is 9.82. The van der Waals surface area contributed by atoms with Crippen molar-refractivity contribution in [3.05, 3.63) is 35.9 Å². The van der Waals surface area contributed by atoms with Gasteiger partial charge in [-0.25, -0.2) is 4.79 Å². The Bertz CT molecular complexity index is 537. The third-order valence-corrected chi connectivity index (χ3v) is 4.35. The van der Waals surface area contributed by atoms with Crippen LogP contribution < -0.4 is 5.32 Å². The first-order valence-electron chi connectivity index (χ1n) is 7.76. The summed E-state index contributed by atoms with van der Waals surface area (Å²) in [6.07, 6.45) is -0.297. The van der Waals surface area contributed by atoms with Gasteiger partial charge in [-0.3, -0.25) is 4.90 Å². The van der Waals surface area contributed by atoms with Gasteiger partial charge in [-0.15, -0.1) is 0 Å². The monoisotopic (exact) mass is 304 g/mol. The molecule has 2 fully saturated rings. The molecule has 1 amide bonds. The van der Waals surface area contributed by atoms with E-state index in [4.69, 9.17) is 9.47 Å². The first kappa shape index (κ1) is 15.3. The highest BCUT2D eigenvalue weighted by atomic mass is 16.6. The molecule has 2 atom stereocenters. The fourth-order valence-corrected chi connectivity index (χ4v) is 3.37. The highest BCUT2D eigenvalue weighted by Crippen LogP contribution is 2.40. The van der Waals surface area contributed by atoms with Crippen LogP contribution in [0.4, 0.5) is 4.79 Å². The molecule has 1 aromatic carbocycles.